The van der Waals surface area contributed by atoms with Gasteiger partial charge in [-0.1, -0.05) is 30.3 Å². The molecule has 3 heterocycles. The highest BCUT2D eigenvalue weighted by molar-refractivity contribution is 6.06. The largest absolute Gasteiger partial charge is 0.337 e. The zero-order valence-electron chi connectivity index (χ0n) is 15.1. The van der Waals surface area contributed by atoms with Gasteiger partial charge in [0.15, 0.2) is 5.65 Å². The SMILES string of the molecule is CC(C)n1ncc2c(C(=O)N3CCC(N)C3)cc(-c3ccccc3)nc21. The van der Waals surface area contributed by atoms with Crippen molar-refractivity contribution in [3.05, 3.63) is 48.2 Å². The van der Waals surface area contributed by atoms with Crippen LogP contribution in [0.3, 0.4) is 0 Å². The lowest BCUT2D eigenvalue weighted by Crippen LogP contribution is -2.32. The van der Waals surface area contributed by atoms with Crippen molar-refractivity contribution >= 4 is 16.9 Å². The van der Waals surface area contributed by atoms with Crippen molar-refractivity contribution in [2.45, 2.75) is 32.4 Å². The third kappa shape index (κ3) is 2.86. The maximum atomic E-state index is 13.2. The molecule has 134 valence electrons. The molecule has 0 radical (unpaired) electrons. The van der Waals surface area contributed by atoms with Gasteiger partial charge in [-0.15, -0.1) is 0 Å². The van der Waals surface area contributed by atoms with Crippen LogP contribution in [0.2, 0.25) is 0 Å². The molecule has 6 heteroatoms. The monoisotopic (exact) mass is 349 g/mol. The normalized spacial score (nSPS) is 17.4. The van der Waals surface area contributed by atoms with Crippen LogP contribution in [0.15, 0.2) is 42.6 Å². The van der Waals surface area contributed by atoms with Gasteiger partial charge < -0.3 is 10.6 Å². The molecule has 1 saturated heterocycles. The van der Waals surface area contributed by atoms with Gasteiger partial charge in [-0.3, -0.25) is 4.79 Å². The number of carbonyl (C=O) groups is 1. The minimum atomic E-state index is 0.00540. The lowest BCUT2D eigenvalue weighted by atomic mass is 10.1. The zero-order chi connectivity index (χ0) is 18.3. The third-order valence-corrected chi connectivity index (χ3v) is 4.87. The lowest BCUT2D eigenvalue weighted by Gasteiger charge is -2.17. The molecule has 6 nitrogen and oxygen atoms in total. The molecule has 4 rings (SSSR count). The van der Waals surface area contributed by atoms with Crippen molar-refractivity contribution in [1.29, 1.82) is 0 Å². The highest BCUT2D eigenvalue weighted by atomic mass is 16.2. The standard InChI is InChI=1S/C20H23N5O/c1-13(2)25-19-17(11-22-25)16(20(26)24-9-8-15(21)12-24)10-18(23-19)14-6-4-3-5-7-14/h3-7,10-11,13,15H,8-9,12,21H2,1-2H3. The average molecular weight is 349 g/mol. The summed E-state index contributed by atoms with van der Waals surface area (Å²) in [6.45, 7) is 5.42. The second-order valence-electron chi connectivity index (χ2n) is 7.14. The lowest BCUT2D eigenvalue weighted by molar-refractivity contribution is 0.0793. The van der Waals surface area contributed by atoms with E-state index in [9.17, 15) is 4.79 Å². The summed E-state index contributed by atoms with van der Waals surface area (Å²) in [6, 6.07) is 12.0. The Morgan fingerprint density at radius 2 is 2.04 bits per heavy atom. The summed E-state index contributed by atoms with van der Waals surface area (Å²) in [5, 5.41) is 5.27. The fraction of sp³-hybridized carbons (Fsp3) is 0.350. The Labute approximate surface area is 152 Å². The fourth-order valence-corrected chi connectivity index (χ4v) is 3.47. The van der Waals surface area contributed by atoms with E-state index in [4.69, 9.17) is 10.7 Å². The number of carbonyl (C=O) groups excluding carboxylic acids is 1. The van der Waals surface area contributed by atoms with Gasteiger partial charge in [-0.2, -0.15) is 5.10 Å². The molecular weight excluding hydrogens is 326 g/mol. The van der Waals surface area contributed by atoms with E-state index >= 15 is 0 Å². The van der Waals surface area contributed by atoms with Crippen molar-refractivity contribution in [2.75, 3.05) is 13.1 Å². The summed E-state index contributed by atoms with van der Waals surface area (Å²) in [5.41, 5.74) is 9.16. The summed E-state index contributed by atoms with van der Waals surface area (Å²) in [7, 11) is 0. The molecule has 1 aromatic carbocycles. The second-order valence-corrected chi connectivity index (χ2v) is 7.14. The van der Waals surface area contributed by atoms with Crippen LogP contribution in [-0.2, 0) is 0 Å². The number of benzene rings is 1. The molecule has 1 aliphatic heterocycles. The predicted molar refractivity (Wildman–Crippen MR) is 102 cm³/mol. The van der Waals surface area contributed by atoms with Gasteiger partial charge in [-0.25, -0.2) is 9.67 Å². The number of pyridine rings is 1. The summed E-state index contributed by atoms with van der Waals surface area (Å²) in [4.78, 5) is 19.8. The van der Waals surface area contributed by atoms with Crippen LogP contribution in [0.25, 0.3) is 22.3 Å². The number of nitrogens with two attached hydrogens (primary N) is 1. The number of fused-ring (bicyclic) bond motifs is 1. The summed E-state index contributed by atoms with van der Waals surface area (Å²) >= 11 is 0. The van der Waals surface area contributed by atoms with E-state index in [0.29, 0.717) is 18.7 Å². The molecule has 0 saturated carbocycles. The maximum Gasteiger partial charge on any atom is 0.254 e. The average Bonchev–Trinajstić information content (AvgIpc) is 3.27. The zero-order valence-corrected chi connectivity index (χ0v) is 15.1. The molecule has 1 unspecified atom stereocenters. The van der Waals surface area contributed by atoms with Gasteiger partial charge in [0.2, 0.25) is 0 Å². The maximum absolute atomic E-state index is 13.2. The van der Waals surface area contributed by atoms with E-state index < -0.39 is 0 Å². The van der Waals surface area contributed by atoms with Crippen LogP contribution >= 0.6 is 0 Å². The number of hydrogen-bond acceptors (Lipinski definition) is 4. The van der Waals surface area contributed by atoms with Gasteiger partial charge in [0.1, 0.15) is 0 Å². The number of likely N-dealkylation sites (tertiary alicyclic amines) is 1. The van der Waals surface area contributed by atoms with E-state index in [1.807, 2.05) is 46.0 Å². The predicted octanol–water partition coefficient (Wildman–Crippen LogP) is 2.85. The van der Waals surface area contributed by atoms with Gasteiger partial charge >= 0.3 is 0 Å². The van der Waals surface area contributed by atoms with Gasteiger partial charge in [0.25, 0.3) is 5.91 Å². The third-order valence-electron chi connectivity index (χ3n) is 4.87. The Hall–Kier alpha value is -2.73. The van der Waals surface area contributed by atoms with E-state index in [2.05, 4.69) is 18.9 Å². The molecule has 1 amide bonds. The summed E-state index contributed by atoms with van der Waals surface area (Å²) in [6.07, 6.45) is 2.59. The first kappa shape index (κ1) is 16.7. The van der Waals surface area contributed by atoms with Crippen LogP contribution < -0.4 is 5.73 Å². The first-order chi connectivity index (χ1) is 12.5. The van der Waals surface area contributed by atoms with Crippen LogP contribution in [0.5, 0.6) is 0 Å². The van der Waals surface area contributed by atoms with E-state index in [-0.39, 0.29) is 18.0 Å². The number of hydrogen-bond donors (Lipinski definition) is 1. The minimum absolute atomic E-state index is 0.00540. The molecule has 1 fully saturated rings. The highest BCUT2D eigenvalue weighted by Gasteiger charge is 2.27. The molecule has 0 bridgehead atoms. The fourth-order valence-electron chi connectivity index (χ4n) is 3.47. The van der Waals surface area contributed by atoms with Gasteiger partial charge in [0, 0.05) is 30.7 Å². The molecule has 26 heavy (non-hydrogen) atoms. The second kappa shape index (κ2) is 6.53. The molecule has 3 aromatic rings. The van der Waals surface area contributed by atoms with E-state index in [1.54, 1.807) is 6.20 Å². The van der Waals surface area contributed by atoms with Crippen molar-refractivity contribution in [3.63, 3.8) is 0 Å². The van der Waals surface area contributed by atoms with E-state index in [1.165, 1.54) is 0 Å². The highest BCUT2D eigenvalue weighted by Crippen LogP contribution is 2.27. The molecule has 0 aliphatic carbocycles. The van der Waals surface area contributed by atoms with Crippen LogP contribution in [-0.4, -0.2) is 44.7 Å². The number of amides is 1. The quantitative estimate of drug-likeness (QED) is 0.789. The van der Waals surface area contributed by atoms with Crippen molar-refractivity contribution < 1.29 is 4.79 Å². The molecular formula is C20H23N5O. The van der Waals surface area contributed by atoms with E-state index in [0.717, 1.165) is 28.7 Å². The molecule has 1 aliphatic rings. The topological polar surface area (TPSA) is 77.0 Å². The molecule has 1 atom stereocenters. The van der Waals surface area contributed by atoms with Crippen LogP contribution in [0.1, 0.15) is 36.7 Å². The number of aromatic nitrogens is 3. The Kier molecular flexibility index (Phi) is 4.20. The van der Waals surface area contributed by atoms with Crippen LogP contribution in [0, 0.1) is 0 Å². The first-order valence-corrected chi connectivity index (χ1v) is 9.03. The first-order valence-electron chi connectivity index (χ1n) is 9.03. The van der Waals surface area contributed by atoms with Crippen molar-refractivity contribution in [3.8, 4) is 11.3 Å². The Morgan fingerprint density at radius 3 is 2.69 bits per heavy atom. The number of nitrogens with zero attached hydrogens (tertiary/aromatic N) is 4. The van der Waals surface area contributed by atoms with Crippen molar-refractivity contribution in [2.24, 2.45) is 5.73 Å². The molecule has 2 aromatic heterocycles. The molecule has 0 spiro atoms. The van der Waals surface area contributed by atoms with Crippen LogP contribution in [0.4, 0.5) is 0 Å². The summed E-state index contributed by atoms with van der Waals surface area (Å²) in [5.74, 6) is 0.00540. The smallest absolute Gasteiger partial charge is 0.254 e. The van der Waals surface area contributed by atoms with Gasteiger partial charge in [-0.05, 0) is 26.3 Å². The van der Waals surface area contributed by atoms with Gasteiger partial charge in [0.05, 0.1) is 22.8 Å². The Balaban J connectivity index is 1.89. The minimum Gasteiger partial charge on any atom is -0.337 e. The molecule has 2 N–H and O–H groups in total. The summed E-state index contributed by atoms with van der Waals surface area (Å²) < 4.78 is 1.87. The number of rotatable bonds is 3. The van der Waals surface area contributed by atoms with Crippen molar-refractivity contribution in [1.82, 2.24) is 19.7 Å². The Bertz CT molecular complexity index is 947. The Morgan fingerprint density at radius 1 is 1.27 bits per heavy atom.